The Morgan fingerprint density at radius 2 is 2.18 bits per heavy atom. The fourth-order valence-electron chi connectivity index (χ4n) is 2.58. The number of hydrogen-bond acceptors (Lipinski definition) is 5. The van der Waals surface area contributed by atoms with Crippen LogP contribution in [0.15, 0.2) is 44.7 Å². The Balaban J connectivity index is 1.71. The SMILES string of the molecule is N#Cc1csc(-c2nc(C3(c4cccc(Br)c4)CC3)no2)c1. The standard InChI is InChI=1S/C16H10BrN3OS/c17-12-3-1-2-11(7-12)16(4-5-16)15-19-14(21-20-15)13-6-10(8-18)9-22-13/h1-3,6-7,9H,4-5H2. The van der Waals surface area contributed by atoms with Gasteiger partial charge < -0.3 is 4.52 Å². The van der Waals surface area contributed by atoms with Crippen LogP contribution < -0.4 is 0 Å². The Morgan fingerprint density at radius 1 is 1.32 bits per heavy atom. The third-order valence-electron chi connectivity index (χ3n) is 3.92. The van der Waals surface area contributed by atoms with Gasteiger partial charge in [0.05, 0.1) is 15.9 Å². The number of nitriles is 1. The van der Waals surface area contributed by atoms with E-state index in [1.807, 2.05) is 12.1 Å². The third kappa shape index (κ3) is 2.18. The predicted molar refractivity (Wildman–Crippen MR) is 86.5 cm³/mol. The lowest BCUT2D eigenvalue weighted by Gasteiger charge is -2.10. The van der Waals surface area contributed by atoms with Gasteiger partial charge in [0.1, 0.15) is 6.07 Å². The highest BCUT2D eigenvalue weighted by Gasteiger charge is 2.50. The Labute approximate surface area is 139 Å². The largest absolute Gasteiger partial charge is 0.333 e. The molecule has 0 radical (unpaired) electrons. The summed E-state index contributed by atoms with van der Waals surface area (Å²) in [7, 11) is 0. The van der Waals surface area contributed by atoms with Crippen LogP contribution in [0.1, 0.15) is 29.8 Å². The fraction of sp³-hybridized carbons (Fsp3) is 0.188. The number of nitrogens with zero attached hydrogens (tertiary/aromatic N) is 3. The quantitative estimate of drug-likeness (QED) is 0.679. The molecule has 3 aromatic rings. The van der Waals surface area contributed by atoms with Crippen molar-refractivity contribution in [3.8, 4) is 16.8 Å². The summed E-state index contributed by atoms with van der Waals surface area (Å²) in [6.45, 7) is 0. The van der Waals surface area contributed by atoms with E-state index in [2.05, 4.69) is 44.3 Å². The molecule has 0 saturated heterocycles. The Hall–Kier alpha value is -1.97. The topological polar surface area (TPSA) is 62.7 Å². The molecule has 1 aliphatic carbocycles. The van der Waals surface area contributed by atoms with E-state index in [4.69, 9.17) is 9.78 Å². The minimum Gasteiger partial charge on any atom is -0.333 e. The zero-order valence-electron chi connectivity index (χ0n) is 11.4. The normalized spacial score (nSPS) is 15.5. The molecule has 1 fully saturated rings. The van der Waals surface area contributed by atoms with E-state index in [0.29, 0.717) is 11.5 Å². The van der Waals surface area contributed by atoms with Crippen LogP contribution in [0.2, 0.25) is 0 Å². The van der Waals surface area contributed by atoms with Crippen LogP contribution in [0.5, 0.6) is 0 Å². The molecular formula is C16H10BrN3OS. The van der Waals surface area contributed by atoms with E-state index in [9.17, 15) is 0 Å². The van der Waals surface area contributed by atoms with E-state index in [-0.39, 0.29) is 5.41 Å². The molecule has 1 saturated carbocycles. The van der Waals surface area contributed by atoms with Gasteiger partial charge in [0.2, 0.25) is 0 Å². The number of rotatable bonds is 3. The van der Waals surface area contributed by atoms with Crippen molar-refractivity contribution in [2.24, 2.45) is 0 Å². The van der Waals surface area contributed by atoms with Gasteiger partial charge in [-0.05, 0) is 36.6 Å². The Bertz CT molecular complexity index is 889. The summed E-state index contributed by atoms with van der Waals surface area (Å²) in [6, 6.07) is 12.1. The lowest BCUT2D eigenvalue weighted by molar-refractivity contribution is 0.418. The molecule has 0 N–H and O–H groups in total. The molecule has 0 bridgehead atoms. The lowest BCUT2D eigenvalue weighted by atomic mass is 9.95. The van der Waals surface area contributed by atoms with Crippen LogP contribution in [-0.2, 0) is 5.41 Å². The van der Waals surface area contributed by atoms with E-state index < -0.39 is 0 Å². The van der Waals surface area contributed by atoms with Crippen molar-refractivity contribution in [1.82, 2.24) is 10.1 Å². The molecule has 108 valence electrons. The van der Waals surface area contributed by atoms with Crippen molar-refractivity contribution in [2.45, 2.75) is 18.3 Å². The number of hydrogen-bond donors (Lipinski definition) is 0. The van der Waals surface area contributed by atoms with Gasteiger partial charge >= 0.3 is 0 Å². The van der Waals surface area contributed by atoms with Crippen LogP contribution in [0.3, 0.4) is 0 Å². The molecule has 2 aromatic heterocycles. The number of halogens is 1. The molecule has 4 rings (SSSR count). The molecule has 6 heteroatoms. The smallest absolute Gasteiger partial charge is 0.268 e. The second-order valence-electron chi connectivity index (χ2n) is 5.33. The highest BCUT2D eigenvalue weighted by Crippen LogP contribution is 2.53. The van der Waals surface area contributed by atoms with Crippen molar-refractivity contribution in [3.63, 3.8) is 0 Å². The molecule has 22 heavy (non-hydrogen) atoms. The minimum absolute atomic E-state index is 0.124. The fourth-order valence-corrected chi connectivity index (χ4v) is 3.73. The van der Waals surface area contributed by atoms with Gasteiger partial charge in [0.25, 0.3) is 5.89 Å². The second kappa shape index (κ2) is 5.04. The molecule has 4 nitrogen and oxygen atoms in total. The molecular weight excluding hydrogens is 362 g/mol. The first-order valence-corrected chi connectivity index (χ1v) is 8.48. The lowest BCUT2D eigenvalue weighted by Crippen LogP contribution is -2.10. The highest BCUT2D eigenvalue weighted by molar-refractivity contribution is 9.10. The Kier molecular flexibility index (Phi) is 3.13. The maximum atomic E-state index is 8.90. The van der Waals surface area contributed by atoms with Crippen LogP contribution in [-0.4, -0.2) is 10.1 Å². The molecule has 0 unspecified atom stereocenters. The van der Waals surface area contributed by atoms with Gasteiger partial charge in [-0.1, -0.05) is 33.2 Å². The number of thiophene rings is 1. The summed E-state index contributed by atoms with van der Waals surface area (Å²) in [5.41, 5.74) is 1.70. The van der Waals surface area contributed by atoms with E-state index >= 15 is 0 Å². The first-order chi connectivity index (χ1) is 10.7. The van der Waals surface area contributed by atoms with Crippen molar-refractivity contribution in [3.05, 3.63) is 57.1 Å². The van der Waals surface area contributed by atoms with Gasteiger partial charge in [-0.3, -0.25) is 0 Å². The van der Waals surface area contributed by atoms with Crippen LogP contribution in [0.25, 0.3) is 10.8 Å². The molecule has 1 aliphatic rings. The van der Waals surface area contributed by atoms with Crippen LogP contribution in [0, 0.1) is 11.3 Å². The zero-order valence-corrected chi connectivity index (χ0v) is 13.8. The maximum absolute atomic E-state index is 8.90. The van der Waals surface area contributed by atoms with Crippen LogP contribution >= 0.6 is 27.3 Å². The summed E-state index contributed by atoms with van der Waals surface area (Å²) in [6.07, 6.45) is 2.05. The van der Waals surface area contributed by atoms with Crippen molar-refractivity contribution >= 4 is 27.3 Å². The van der Waals surface area contributed by atoms with E-state index in [1.54, 1.807) is 11.4 Å². The molecule has 1 aromatic carbocycles. The average molecular weight is 372 g/mol. The van der Waals surface area contributed by atoms with E-state index in [0.717, 1.165) is 28.0 Å². The molecule has 2 heterocycles. The summed E-state index contributed by atoms with van der Waals surface area (Å²) < 4.78 is 6.47. The maximum Gasteiger partial charge on any atom is 0.268 e. The number of aromatic nitrogens is 2. The van der Waals surface area contributed by atoms with Gasteiger partial charge in [-0.2, -0.15) is 10.2 Å². The second-order valence-corrected chi connectivity index (χ2v) is 7.15. The Morgan fingerprint density at radius 3 is 2.86 bits per heavy atom. The number of benzene rings is 1. The molecule has 0 aliphatic heterocycles. The minimum atomic E-state index is -0.124. The summed E-state index contributed by atoms with van der Waals surface area (Å²) >= 11 is 4.96. The zero-order chi connectivity index (χ0) is 15.2. The molecule has 0 amide bonds. The van der Waals surface area contributed by atoms with Gasteiger partial charge in [0.15, 0.2) is 5.82 Å². The van der Waals surface area contributed by atoms with Gasteiger partial charge in [0, 0.05) is 9.85 Å². The van der Waals surface area contributed by atoms with Gasteiger partial charge in [-0.15, -0.1) is 11.3 Å². The van der Waals surface area contributed by atoms with Crippen molar-refractivity contribution in [2.75, 3.05) is 0 Å². The monoisotopic (exact) mass is 371 g/mol. The first kappa shape index (κ1) is 13.7. The van der Waals surface area contributed by atoms with Gasteiger partial charge in [-0.25, -0.2) is 0 Å². The molecule has 0 spiro atoms. The van der Waals surface area contributed by atoms with Crippen LogP contribution in [0.4, 0.5) is 0 Å². The predicted octanol–water partition coefficient (Wildman–Crippen LogP) is 4.51. The third-order valence-corrected chi connectivity index (χ3v) is 5.33. The van der Waals surface area contributed by atoms with E-state index in [1.165, 1.54) is 16.9 Å². The molecule has 0 atom stereocenters. The van der Waals surface area contributed by atoms with Crippen molar-refractivity contribution in [1.29, 1.82) is 5.26 Å². The average Bonchev–Trinajstić information content (AvgIpc) is 2.99. The highest BCUT2D eigenvalue weighted by atomic mass is 79.9. The summed E-state index contributed by atoms with van der Waals surface area (Å²) in [5.74, 6) is 1.22. The first-order valence-electron chi connectivity index (χ1n) is 6.80. The summed E-state index contributed by atoms with van der Waals surface area (Å²) in [5, 5.41) is 14.9. The van der Waals surface area contributed by atoms with Crippen molar-refractivity contribution < 1.29 is 4.52 Å². The summed E-state index contributed by atoms with van der Waals surface area (Å²) in [4.78, 5) is 5.41.